The summed E-state index contributed by atoms with van der Waals surface area (Å²) in [5.41, 5.74) is 0. The molecule has 1 saturated carbocycles. The van der Waals surface area contributed by atoms with Gasteiger partial charge in [0, 0.05) is 18.3 Å². The van der Waals surface area contributed by atoms with Gasteiger partial charge in [-0.1, -0.05) is 11.6 Å². The van der Waals surface area contributed by atoms with E-state index in [-0.39, 0.29) is 0 Å². The number of hydrogen-bond donors (Lipinski definition) is 1. The largest absolute Gasteiger partial charge is 0.321 e. The van der Waals surface area contributed by atoms with Crippen molar-refractivity contribution in [1.82, 2.24) is 14.9 Å². The second-order valence-electron chi connectivity index (χ2n) is 4.65. The van der Waals surface area contributed by atoms with Crippen molar-refractivity contribution >= 4 is 23.4 Å². The zero-order chi connectivity index (χ0) is 12.3. The van der Waals surface area contributed by atoms with Gasteiger partial charge in [0.1, 0.15) is 11.0 Å². The highest BCUT2D eigenvalue weighted by atomic mass is 35.5. The normalized spacial score (nSPS) is 25.1. The van der Waals surface area contributed by atoms with E-state index in [1.54, 1.807) is 6.20 Å². The number of thioether (sulfide) groups is 1. The Balaban J connectivity index is 1.78. The molecule has 17 heavy (non-hydrogen) atoms. The third-order valence-electron chi connectivity index (χ3n) is 3.58. The number of nitrogens with zero attached hydrogens (tertiary/aromatic N) is 2. The van der Waals surface area contributed by atoms with Crippen LogP contribution in [-0.2, 0) is 13.6 Å². The minimum Gasteiger partial charge on any atom is -0.321 e. The summed E-state index contributed by atoms with van der Waals surface area (Å²) in [5.74, 6) is 1.02. The monoisotopic (exact) mass is 273 g/mol. The molecule has 0 aromatic carbocycles. The zero-order valence-corrected chi connectivity index (χ0v) is 12.0. The molecule has 0 radical (unpaired) electrons. The maximum atomic E-state index is 5.96. The van der Waals surface area contributed by atoms with Crippen LogP contribution in [0.25, 0.3) is 0 Å². The fraction of sp³-hybridized carbons (Fsp3) is 0.750. The van der Waals surface area contributed by atoms with E-state index < -0.39 is 0 Å². The van der Waals surface area contributed by atoms with Gasteiger partial charge in [0.05, 0.1) is 12.7 Å². The number of rotatable bonds is 4. The van der Waals surface area contributed by atoms with Crippen LogP contribution in [0, 0.1) is 0 Å². The van der Waals surface area contributed by atoms with E-state index in [0.29, 0.717) is 11.2 Å². The van der Waals surface area contributed by atoms with E-state index in [2.05, 4.69) is 16.6 Å². The summed E-state index contributed by atoms with van der Waals surface area (Å²) in [6, 6.07) is 0.647. The Labute approximate surface area is 112 Å². The molecule has 0 atom stereocenters. The van der Waals surface area contributed by atoms with Crippen LogP contribution in [0.1, 0.15) is 31.5 Å². The van der Waals surface area contributed by atoms with E-state index in [0.717, 1.165) is 17.6 Å². The van der Waals surface area contributed by atoms with Gasteiger partial charge in [-0.3, -0.25) is 0 Å². The van der Waals surface area contributed by atoms with Crippen LogP contribution in [0.5, 0.6) is 0 Å². The molecule has 1 heterocycles. The molecule has 1 aliphatic rings. The second kappa shape index (κ2) is 6.12. The van der Waals surface area contributed by atoms with Gasteiger partial charge in [-0.05, 0) is 31.9 Å². The number of nitrogens with one attached hydrogen (secondary N) is 1. The number of halogens is 1. The van der Waals surface area contributed by atoms with Gasteiger partial charge in [0.2, 0.25) is 0 Å². The first-order valence-electron chi connectivity index (χ1n) is 6.13. The Hall–Kier alpha value is -0.190. The van der Waals surface area contributed by atoms with Crippen molar-refractivity contribution in [2.45, 2.75) is 43.5 Å². The molecular weight excluding hydrogens is 254 g/mol. The summed E-state index contributed by atoms with van der Waals surface area (Å²) >= 11 is 7.97. The first kappa shape index (κ1) is 13.2. The van der Waals surface area contributed by atoms with Crippen molar-refractivity contribution in [3.63, 3.8) is 0 Å². The average molecular weight is 274 g/mol. The maximum Gasteiger partial charge on any atom is 0.128 e. The minimum atomic E-state index is 0.647. The van der Waals surface area contributed by atoms with Gasteiger partial charge < -0.3 is 9.88 Å². The third kappa shape index (κ3) is 3.39. The first-order valence-corrected chi connectivity index (χ1v) is 7.79. The van der Waals surface area contributed by atoms with E-state index in [1.165, 1.54) is 25.7 Å². The topological polar surface area (TPSA) is 29.9 Å². The fourth-order valence-corrected chi connectivity index (χ4v) is 3.22. The van der Waals surface area contributed by atoms with Crippen LogP contribution in [-0.4, -0.2) is 27.1 Å². The Kier molecular flexibility index (Phi) is 4.77. The molecule has 0 bridgehead atoms. The third-order valence-corrected chi connectivity index (χ3v) is 5.07. The predicted molar refractivity (Wildman–Crippen MR) is 74.6 cm³/mol. The van der Waals surface area contributed by atoms with E-state index in [4.69, 9.17) is 11.6 Å². The number of imidazole rings is 1. The quantitative estimate of drug-likeness (QED) is 0.915. The highest BCUT2D eigenvalue weighted by molar-refractivity contribution is 7.99. The lowest BCUT2D eigenvalue weighted by molar-refractivity contribution is 0.374. The van der Waals surface area contributed by atoms with Crippen LogP contribution in [0.3, 0.4) is 0 Å². The Morgan fingerprint density at radius 1 is 1.47 bits per heavy atom. The molecule has 0 amide bonds. The lowest BCUT2D eigenvalue weighted by Gasteiger charge is -2.28. The highest BCUT2D eigenvalue weighted by Crippen LogP contribution is 2.26. The molecule has 0 unspecified atom stereocenters. The lowest BCUT2D eigenvalue weighted by atomic mass is 9.95. The SMILES string of the molecule is CSC1CCC(NCc2ncc(Cl)n2C)CC1. The van der Waals surface area contributed by atoms with Crippen LogP contribution in [0.15, 0.2) is 6.20 Å². The van der Waals surface area contributed by atoms with Gasteiger partial charge in [-0.25, -0.2) is 4.98 Å². The molecule has 96 valence electrons. The molecule has 1 aromatic heterocycles. The molecule has 1 aliphatic carbocycles. The highest BCUT2D eigenvalue weighted by Gasteiger charge is 2.20. The van der Waals surface area contributed by atoms with E-state index >= 15 is 0 Å². The van der Waals surface area contributed by atoms with Gasteiger partial charge in [-0.15, -0.1) is 0 Å². The predicted octanol–water partition coefficient (Wildman–Crippen LogP) is 2.84. The smallest absolute Gasteiger partial charge is 0.128 e. The molecular formula is C12H20ClN3S. The van der Waals surface area contributed by atoms with Gasteiger partial charge >= 0.3 is 0 Å². The molecule has 0 saturated heterocycles. The molecule has 0 spiro atoms. The van der Waals surface area contributed by atoms with Gasteiger partial charge in [0.15, 0.2) is 0 Å². The van der Waals surface area contributed by atoms with Crippen molar-refractivity contribution in [3.8, 4) is 0 Å². The van der Waals surface area contributed by atoms with Crippen LogP contribution >= 0.6 is 23.4 Å². The molecule has 1 aromatic rings. The summed E-state index contributed by atoms with van der Waals surface area (Å²) in [7, 11) is 1.96. The molecule has 1 N–H and O–H groups in total. The zero-order valence-electron chi connectivity index (χ0n) is 10.4. The van der Waals surface area contributed by atoms with Crippen LogP contribution in [0.4, 0.5) is 0 Å². The number of aromatic nitrogens is 2. The number of hydrogen-bond acceptors (Lipinski definition) is 3. The molecule has 3 nitrogen and oxygen atoms in total. The van der Waals surface area contributed by atoms with E-state index in [1.807, 2.05) is 23.4 Å². The summed E-state index contributed by atoms with van der Waals surface area (Å²) in [4.78, 5) is 4.30. The summed E-state index contributed by atoms with van der Waals surface area (Å²) in [5, 5.41) is 5.16. The van der Waals surface area contributed by atoms with Crippen molar-refractivity contribution in [2.24, 2.45) is 7.05 Å². The summed E-state index contributed by atoms with van der Waals surface area (Å²) in [6.07, 6.45) is 9.16. The lowest BCUT2D eigenvalue weighted by Crippen LogP contribution is -2.34. The van der Waals surface area contributed by atoms with Gasteiger partial charge in [0.25, 0.3) is 0 Å². The Bertz CT molecular complexity index is 359. The van der Waals surface area contributed by atoms with Gasteiger partial charge in [-0.2, -0.15) is 11.8 Å². The maximum absolute atomic E-state index is 5.96. The van der Waals surface area contributed by atoms with Crippen molar-refractivity contribution < 1.29 is 0 Å². The van der Waals surface area contributed by atoms with Crippen molar-refractivity contribution in [3.05, 3.63) is 17.2 Å². The second-order valence-corrected chi connectivity index (χ2v) is 6.17. The Morgan fingerprint density at radius 2 is 2.18 bits per heavy atom. The minimum absolute atomic E-state index is 0.647. The first-order chi connectivity index (χ1) is 8.20. The van der Waals surface area contributed by atoms with Crippen molar-refractivity contribution in [1.29, 1.82) is 0 Å². The standard InChI is InChI=1S/C12H20ClN3S/c1-16-11(13)7-15-12(16)8-14-9-3-5-10(17-2)6-4-9/h7,9-10,14H,3-6,8H2,1-2H3. The Morgan fingerprint density at radius 3 is 2.71 bits per heavy atom. The van der Waals surface area contributed by atoms with Crippen LogP contribution < -0.4 is 5.32 Å². The van der Waals surface area contributed by atoms with Crippen LogP contribution in [0.2, 0.25) is 5.15 Å². The van der Waals surface area contributed by atoms with Crippen molar-refractivity contribution in [2.75, 3.05) is 6.26 Å². The molecule has 1 fully saturated rings. The summed E-state index contributed by atoms with van der Waals surface area (Å²) < 4.78 is 1.93. The fourth-order valence-electron chi connectivity index (χ4n) is 2.33. The molecule has 5 heteroatoms. The molecule has 0 aliphatic heterocycles. The average Bonchev–Trinajstić information content (AvgIpc) is 2.68. The molecule has 2 rings (SSSR count). The summed E-state index contributed by atoms with van der Waals surface area (Å²) in [6.45, 7) is 0.817. The van der Waals surface area contributed by atoms with E-state index in [9.17, 15) is 0 Å².